The zero-order chi connectivity index (χ0) is 10.4. The summed E-state index contributed by atoms with van der Waals surface area (Å²) >= 11 is 0. The van der Waals surface area contributed by atoms with Gasteiger partial charge in [-0.2, -0.15) is 0 Å². The third-order valence-corrected chi connectivity index (χ3v) is 3.05. The second-order valence-electron chi connectivity index (χ2n) is 4.22. The Hall–Kier alpha value is -0.780. The molecular weight excluding hydrogens is 168 g/mol. The molecule has 1 atom stereocenters. The minimum Gasteiger partial charge on any atom is -0.0651 e. The lowest BCUT2D eigenvalue weighted by Gasteiger charge is -2.08. The fourth-order valence-corrected chi connectivity index (χ4v) is 1.56. The van der Waals surface area contributed by atoms with Crippen LogP contribution < -0.4 is 0 Å². The van der Waals surface area contributed by atoms with E-state index >= 15 is 0 Å². The van der Waals surface area contributed by atoms with Crippen LogP contribution in [0, 0.1) is 5.92 Å². The molecule has 1 aromatic rings. The quantitative estimate of drug-likeness (QED) is 0.652. The van der Waals surface area contributed by atoms with Gasteiger partial charge in [0.2, 0.25) is 0 Å². The van der Waals surface area contributed by atoms with E-state index in [2.05, 4.69) is 45.0 Å². The Balaban J connectivity index is 2.43. The Kier molecular flexibility index (Phi) is 4.72. The maximum absolute atomic E-state index is 2.33. The van der Waals surface area contributed by atoms with Crippen LogP contribution >= 0.6 is 0 Å². The number of hydrogen-bond acceptors (Lipinski definition) is 0. The molecule has 0 amide bonds. The molecule has 0 aliphatic heterocycles. The summed E-state index contributed by atoms with van der Waals surface area (Å²) in [6, 6.07) is 9.07. The van der Waals surface area contributed by atoms with E-state index in [1.54, 1.807) is 0 Å². The van der Waals surface area contributed by atoms with Gasteiger partial charge in [-0.15, -0.1) is 0 Å². The van der Waals surface area contributed by atoms with Crippen molar-refractivity contribution in [3.63, 3.8) is 0 Å². The van der Waals surface area contributed by atoms with Gasteiger partial charge in [0.15, 0.2) is 0 Å². The normalized spacial score (nSPS) is 12.8. The molecule has 1 aromatic carbocycles. The average Bonchev–Trinajstić information content (AvgIpc) is 2.26. The summed E-state index contributed by atoms with van der Waals surface area (Å²) in [7, 11) is 0. The Bertz CT molecular complexity index is 245. The smallest absolute Gasteiger partial charge is 0.0276 e. The van der Waals surface area contributed by atoms with E-state index in [9.17, 15) is 0 Å². The minimum absolute atomic E-state index is 0.862. The molecule has 0 radical (unpaired) electrons. The number of rotatable bonds is 5. The highest BCUT2D eigenvalue weighted by Crippen LogP contribution is 2.13. The molecule has 0 heteroatoms. The summed E-state index contributed by atoms with van der Waals surface area (Å²) in [6.07, 6.45) is 5.00. The van der Waals surface area contributed by atoms with Gasteiger partial charge in [0, 0.05) is 0 Å². The molecule has 0 aliphatic carbocycles. The van der Waals surface area contributed by atoms with Gasteiger partial charge < -0.3 is 0 Å². The molecule has 0 nitrogen and oxygen atoms in total. The summed E-state index contributed by atoms with van der Waals surface area (Å²) in [5.74, 6) is 0.862. The third kappa shape index (κ3) is 3.53. The predicted octanol–water partition coefficient (Wildman–Crippen LogP) is 4.23. The van der Waals surface area contributed by atoms with Gasteiger partial charge >= 0.3 is 0 Å². The molecule has 1 rings (SSSR count). The molecule has 0 heterocycles. The van der Waals surface area contributed by atoms with E-state index in [0.29, 0.717) is 0 Å². The topological polar surface area (TPSA) is 0 Å². The van der Waals surface area contributed by atoms with E-state index in [1.807, 2.05) is 0 Å². The molecule has 0 saturated heterocycles. The van der Waals surface area contributed by atoms with E-state index in [4.69, 9.17) is 0 Å². The fourth-order valence-electron chi connectivity index (χ4n) is 1.56. The summed E-state index contributed by atoms with van der Waals surface area (Å²) in [6.45, 7) is 6.80. The van der Waals surface area contributed by atoms with Crippen molar-refractivity contribution in [1.82, 2.24) is 0 Å². The standard InChI is InChI=1S/C14H22/c1-4-12(3)6-7-14-10-8-13(5-2)9-11-14/h8-12H,4-7H2,1-3H3. The Morgan fingerprint density at radius 2 is 1.57 bits per heavy atom. The van der Waals surface area contributed by atoms with E-state index in [1.165, 1.54) is 30.4 Å². The molecule has 78 valence electrons. The SMILES string of the molecule is CCc1ccc(CCC(C)CC)cc1. The Morgan fingerprint density at radius 1 is 1.00 bits per heavy atom. The van der Waals surface area contributed by atoms with Crippen LogP contribution in [0.4, 0.5) is 0 Å². The maximum Gasteiger partial charge on any atom is -0.0276 e. The van der Waals surface area contributed by atoms with Gasteiger partial charge in [0.25, 0.3) is 0 Å². The second-order valence-corrected chi connectivity index (χ2v) is 4.22. The molecule has 14 heavy (non-hydrogen) atoms. The lowest BCUT2D eigenvalue weighted by molar-refractivity contribution is 0.516. The first-order valence-corrected chi connectivity index (χ1v) is 5.84. The van der Waals surface area contributed by atoms with Crippen LogP contribution in [-0.2, 0) is 12.8 Å². The highest BCUT2D eigenvalue weighted by atomic mass is 14.0. The van der Waals surface area contributed by atoms with Crippen LogP contribution in [-0.4, -0.2) is 0 Å². The van der Waals surface area contributed by atoms with Gasteiger partial charge in [0.05, 0.1) is 0 Å². The minimum atomic E-state index is 0.862. The van der Waals surface area contributed by atoms with Crippen LogP contribution in [0.5, 0.6) is 0 Å². The highest BCUT2D eigenvalue weighted by Gasteiger charge is 1.99. The van der Waals surface area contributed by atoms with Crippen LogP contribution in [0.1, 0.15) is 44.7 Å². The summed E-state index contributed by atoms with van der Waals surface area (Å²) in [5.41, 5.74) is 2.93. The average molecular weight is 190 g/mol. The van der Waals surface area contributed by atoms with Crippen molar-refractivity contribution in [1.29, 1.82) is 0 Å². The van der Waals surface area contributed by atoms with Crippen LogP contribution in [0.2, 0.25) is 0 Å². The molecule has 0 saturated carbocycles. The summed E-state index contributed by atoms with van der Waals surface area (Å²) < 4.78 is 0. The van der Waals surface area contributed by atoms with Gasteiger partial charge in [-0.3, -0.25) is 0 Å². The number of hydrogen-bond donors (Lipinski definition) is 0. The molecule has 0 aromatic heterocycles. The first-order chi connectivity index (χ1) is 6.76. The first-order valence-electron chi connectivity index (χ1n) is 5.84. The summed E-state index contributed by atoms with van der Waals surface area (Å²) in [4.78, 5) is 0. The number of benzene rings is 1. The van der Waals surface area contributed by atoms with Crippen molar-refractivity contribution in [2.45, 2.75) is 46.5 Å². The monoisotopic (exact) mass is 190 g/mol. The molecular formula is C14H22. The number of aryl methyl sites for hydroxylation is 2. The second kappa shape index (κ2) is 5.85. The predicted molar refractivity (Wildman–Crippen MR) is 63.6 cm³/mol. The molecule has 0 fully saturated rings. The Labute approximate surface area is 88.4 Å². The first kappa shape index (κ1) is 11.3. The van der Waals surface area contributed by atoms with E-state index in [0.717, 1.165) is 12.3 Å². The lowest BCUT2D eigenvalue weighted by atomic mass is 9.98. The lowest BCUT2D eigenvalue weighted by Crippen LogP contribution is -1.95. The van der Waals surface area contributed by atoms with Gasteiger partial charge in [-0.05, 0) is 36.3 Å². The van der Waals surface area contributed by atoms with Crippen LogP contribution in [0.25, 0.3) is 0 Å². The van der Waals surface area contributed by atoms with Crippen molar-refractivity contribution in [3.05, 3.63) is 35.4 Å². The zero-order valence-electron chi connectivity index (χ0n) is 9.72. The molecule has 0 N–H and O–H groups in total. The summed E-state index contributed by atoms with van der Waals surface area (Å²) in [5, 5.41) is 0. The van der Waals surface area contributed by atoms with Crippen LogP contribution in [0.3, 0.4) is 0 Å². The molecule has 0 aliphatic rings. The van der Waals surface area contributed by atoms with Crippen molar-refractivity contribution >= 4 is 0 Å². The molecule has 0 bridgehead atoms. The highest BCUT2D eigenvalue weighted by molar-refractivity contribution is 5.22. The zero-order valence-corrected chi connectivity index (χ0v) is 9.72. The molecule has 1 unspecified atom stereocenters. The van der Waals surface area contributed by atoms with Crippen molar-refractivity contribution < 1.29 is 0 Å². The van der Waals surface area contributed by atoms with Gasteiger partial charge in [-0.25, -0.2) is 0 Å². The van der Waals surface area contributed by atoms with Crippen molar-refractivity contribution in [3.8, 4) is 0 Å². The van der Waals surface area contributed by atoms with Crippen molar-refractivity contribution in [2.24, 2.45) is 5.92 Å². The largest absolute Gasteiger partial charge is 0.0651 e. The fraction of sp³-hybridized carbons (Fsp3) is 0.571. The van der Waals surface area contributed by atoms with Crippen molar-refractivity contribution in [2.75, 3.05) is 0 Å². The Morgan fingerprint density at radius 3 is 2.07 bits per heavy atom. The molecule has 0 spiro atoms. The maximum atomic E-state index is 2.33. The third-order valence-electron chi connectivity index (χ3n) is 3.05. The van der Waals surface area contributed by atoms with E-state index in [-0.39, 0.29) is 0 Å². The van der Waals surface area contributed by atoms with Crippen LogP contribution in [0.15, 0.2) is 24.3 Å². The van der Waals surface area contributed by atoms with Gasteiger partial charge in [0.1, 0.15) is 0 Å². The van der Waals surface area contributed by atoms with E-state index < -0.39 is 0 Å². The van der Waals surface area contributed by atoms with Gasteiger partial charge in [-0.1, -0.05) is 51.5 Å².